The van der Waals surface area contributed by atoms with Crippen LogP contribution in [-0.4, -0.2) is 19.5 Å². The fourth-order valence-electron chi connectivity index (χ4n) is 3.07. The van der Waals surface area contributed by atoms with Crippen molar-refractivity contribution >= 4 is 22.9 Å². The van der Waals surface area contributed by atoms with E-state index in [1.54, 1.807) is 11.3 Å². The molecule has 0 bridgehead atoms. The number of thiophene rings is 1. The van der Waals surface area contributed by atoms with Crippen molar-refractivity contribution in [1.29, 1.82) is 0 Å². The fraction of sp³-hybridized carbons (Fsp3) is 0.476. The molecule has 136 valence electrons. The van der Waals surface area contributed by atoms with E-state index in [-0.39, 0.29) is 5.91 Å². The first-order valence-electron chi connectivity index (χ1n) is 9.06. The number of amides is 1. The summed E-state index contributed by atoms with van der Waals surface area (Å²) in [6, 6.07) is 8.48. The summed E-state index contributed by atoms with van der Waals surface area (Å²) in [5.41, 5.74) is 4.76. The van der Waals surface area contributed by atoms with Gasteiger partial charge < -0.3 is 10.2 Å². The number of anilines is 1. The maximum Gasteiger partial charge on any atom is 0.279 e. The standard InChI is InChI=1S/C21H30N2OS/c1-14(2)17-8-7-9-18(15(3)4)21(17)22-20(24)13-23(6)12-19-16(5)10-11-25-19/h7-11,14-15H,12-13H2,1-6H3,(H,22,24)/p+1. The average molecular weight is 360 g/mol. The molecule has 3 nitrogen and oxygen atoms in total. The van der Waals surface area contributed by atoms with Crippen LogP contribution in [0.2, 0.25) is 0 Å². The van der Waals surface area contributed by atoms with Crippen LogP contribution in [0.1, 0.15) is 61.1 Å². The van der Waals surface area contributed by atoms with E-state index in [2.05, 4.69) is 76.6 Å². The molecule has 4 heteroatoms. The highest BCUT2D eigenvalue weighted by atomic mass is 32.1. The molecule has 0 saturated carbocycles. The van der Waals surface area contributed by atoms with Crippen molar-refractivity contribution in [2.75, 3.05) is 18.9 Å². The summed E-state index contributed by atoms with van der Waals surface area (Å²) in [4.78, 5) is 15.2. The minimum Gasteiger partial charge on any atom is -0.325 e. The zero-order valence-corrected chi connectivity index (χ0v) is 17.1. The van der Waals surface area contributed by atoms with Gasteiger partial charge in [0.15, 0.2) is 6.54 Å². The second-order valence-electron chi connectivity index (χ2n) is 7.51. The summed E-state index contributed by atoms with van der Waals surface area (Å²) >= 11 is 1.77. The van der Waals surface area contributed by atoms with Crippen LogP contribution >= 0.6 is 11.3 Å². The van der Waals surface area contributed by atoms with E-state index in [1.807, 2.05) is 0 Å². The number of carbonyl (C=O) groups excluding carboxylic acids is 1. The van der Waals surface area contributed by atoms with Gasteiger partial charge in [0.05, 0.1) is 11.9 Å². The molecule has 0 radical (unpaired) electrons. The van der Waals surface area contributed by atoms with E-state index in [9.17, 15) is 4.79 Å². The van der Waals surface area contributed by atoms with Crippen molar-refractivity contribution < 1.29 is 9.69 Å². The molecule has 0 fully saturated rings. The topological polar surface area (TPSA) is 33.5 Å². The van der Waals surface area contributed by atoms with Gasteiger partial charge in [0.2, 0.25) is 0 Å². The van der Waals surface area contributed by atoms with Crippen LogP contribution in [-0.2, 0) is 11.3 Å². The third-order valence-electron chi connectivity index (χ3n) is 4.53. The van der Waals surface area contributed by atoms with Crippen molar-refractivity contribution in [3.05, 3.63) is 51.2 Å². The van der Waals surface area contributed by atoms with Gasteiger partial charge in [-0.15, -0.1) is 11.3 Å². The van der Waals surface area contributed by atoms with Crippen LogP contribution in [0, 0.1) is 6.92 Å². The number of quaternary nitrogens is 1. The molecule has 1 unspecified atom stereocenters. The summed E-state index contributed by atoms with van der Waals surface area (Å²) in [5, 5.41) is 5.33. The van der Waals surface area contributed by atoms with Gasteiger partial charge in [-0.2, -0.15) is 0 Å². The number of benzene rings is 1. The molecular formula is C21H31N2OS+. The first-order valence-corrected chi connectivity index (χ1v) is 9.94. The van der Waals surface area contributed by atoms with Crippen molar-refractivity contribution in [2.24, 2.45) is 0 Å². The predicted molar refractivity (Wildman–Crippen MR) is 108 cm³/mol. The number of likely N-dealkylation sites (N-methyl/N-ethyl adjacent to an activating group) is 1. The van der Waals surface area contributed by atoms with E-state index in [1.165, 1.54) is 26.5 Å². The summed E-state index contributed by atoms with van der Waals surface area (Å²) in [7, 11) is 2.08. The summed E-state index contributed by atoms with van der Waals surface area (Å²) in [6.07, 6.45) is 0. The second-order valence-corrected chi connectivity index (χ2v) is 8.51. The Kier molecular flexibility index (Phi) is 6.79. The Morgan fingerprint density at radius 3 is 2.20 bits per heavy atom. The maximum absolute atomic E-state index is 12.7. The molecule has 0 aliphatic heterocycles. The Labute approximate surface area is 156 Å². The lowest BCUT2D eigenvalue weighted by atomic mass is 9.92. The lowest BCUT2D eigenvalue weighted by molar-refractivity contribution is -0.884. The molecule has 1 amide bonds. The number of para-hydroxylation sites is 1. The predicted octanol–water partition coefficient (Wildman–Crippen LogP) is 3.96. The Morgan fingerprint density at radius 1 is 1.12 bits per heavy atom. The maximum atomic E-state index is 12.7. The molecular weight excluding hydrogens is 328 g/mol. The van der Waals surface area contributed by atoms with Crippen molar-refractivity contribution in [3.63, 3.8) is 0 Å². The Morgan fingerprint density at radius 2 is 1.72 bits per heavy atom. The fourth-order valence-corrected chi connectivity index (χ4v) is 4.09. The van der Waals surface area contributed by atoms with Gasteiger partial charge in [-0.3, -0.25) is 4.79 Å². The monoisotopic (exact) mass is 359 g/mol. The van der Waals surface area contributed by atoms with Crippen LogP contribution in [0.4, 0.5) is 5.69 Å². The average Bonchev–Trinajstić information content (AvgIpc) is 2.91. The molecule has 1 heterocycles. The van der Waals surface area contributed by atoms with E-state index in [0.29, 0.717) is 18.4 Å². The third-order valence-corrected chi connectivity index (χ3v) is 5.55. The molecule has 2 rings (SSSR count). The van der Waals surface area contributed by atoms with Gasteiger partial charge in [0.1, 0.15) is 6.54 Å². The van der Waals surface area contributed by atoms with Crippen molar-refractivity contribution in [1.82, 2.24) is 0 Å². The lowest BCUT2D eigenvalue weighted by Gasteiger charge is -2.21. The molecule has 2 aromatic rings. The number of nitrogens with one attached hydrogen (secondary N) is 2. The number of hydrogen-bond donors (Lipinski definition) is 2. The van der Waals surface area contributed by atoms with Gasteiger partial charge >= 0.3 is 0 Å². The van der Waals surface area contributed by atoms with E-state index in [0.717, 1.165) is 12.2 Å². The van der Waals surface area contributed by atoms with Gasteiger partial charge in [0.25, 0.3) is 5.91 Å². The molecule has 0 spiro atoms. The summed E-state index contributed by atoms with van der Waals surface area (Å²) in [6.45, 7) is 12.2. The Hall–Kier alpha value is -1.65. The molecule has 1 aromatic heterocycles. The van der Waals surface area contributed by atoms with E-state index < -0.39 is 0 Å². The Balaban J connectivity index is 2.10. The highest BCUT2D eigenvalue weighted by Gasteiger charge is 2.18. The van der Waals surface area contributed by atoms with Gasteiger partial charge in [-0.1, -0.05) is 45.9 Å². The van der Waals surface area contributed by atoms with E-state index in [4.69, 9.17) is 0 Å². The zero-order valence-electron chi connectivity index (χ0n) is 16.3. The third kappa shape index (κ3) is 5.16. The minimum atomic E-state index is 0.0849. The first kappa shape index (κ1) is 19.7. The van der Waals surface area contributed by atoms with Gasteiger partial charge in [-0.05, 0) is 46.9 Å². The van der Waals surface area contributed by atoms with Gasteiger partial charge in [0, 0.05) is 5.69 Å². The number of carbonyl (C=O) groups is 1. The molecule has 0 aliphatic carbocycles. The smallest absolute Gasteiger partial charge is 0.279 e. The number of rotatable bonds is 7. The van der Waals surface area contributed by atoms with Crippen LogP contribution in [0.5, 0.6) is 0 Å². The second kappa shape index (κ2) is 8.63. The molecule has 1 atom stereocenters. The normalized spacial score (nSPS) is 12.6. The van der Waals surface area contributed by atoms with Crippen LogP contribution in [0.3, 0.4) is 0 Å². The van der Waals surface area contributed by atoms with Crippen LogP contribution in [0.15, 0.2) is 29.6 Å². The van der Waals surface area contributed by atoms with Crippen LogP contribution in [0.25, 0.3) is 0 Å². The van der Waals surface area contributed by atoms with Gasteiger partial charge in [-0.25, -0.2) is 0 Å². The Bertz CT molecular complexity index is 692. The van der Waals surface area contributed by atoms with Crippen molar-refractivity contribution in [3.8, 4) is 0 Å². The highest BCUT2D eigenvalue weighted by molar-refractivity contribution is 7.10. The SMILES string of the molecule is Cc1ccsc1C[NH+](C)CC(=O)Nc1c(C(C)C)cccc1C(C)C. The molecule has 2 N–H and O–H groups in total. The zero-order chi connectivity index (χ0) is 18.6. The molecule has 0 saturated heterocycles. The van der Waals surface area contributed by atoms with Crippen molar-refractivity contribution in [2.45, 2.75) is 53.0 Å². The highest BCUT2D eigenvalue weighted by Crippen LogP contribution is 2.32. The molecule has 25 heavy (non-hydrogen) atoms. The quantitative estimate of drug-likeness (QED) is 0.771. The summed E-state index contributed by atoms with van der Waals surface area (Å²) in [5.74, 6) is 0.849. The minimum absolute atomic E-state index is 0.0849. The number of aryl methyl sites for hydroxylation is 1. The number of hydrogen-bond acceptors (Lipinski definition) is 2. The van der Waals surface area contributed by atoms with E-state index >= 15 is 0 Å². The van der Waals surface area contributed by atoms with Crippen LogP contribution < -0.4 is 10.2 Å². The first-order chi connectivity index (χ1) is 11.8. The lowest BCUT2D eigenvalue weighted by Crippen LogP contribution is -3.08. The largest absolute Gasteiger partial charge is 0.325 e. The molecule has 0 aliphatic rings. The molecule has 1 aromatic carbocycles. The summed E-state index contributed by atoms with van der Waals surface area (Å²) < 4.78 is 0.